The average molecular weight is 224 g/mol. The van der Waals surface area contributed by atoms with E-state index in [2.05, 4.69) is 0 Å². The summed E-state index contributed by atoms with van der Waals surface area (Å²) in [5.41, 5.74) is -0.903. The van der Waals surface area contributed by atoms with Crippen LogP contribution in [-0.2, 0) is 19.7 Å². The van der Waals surface area contributed by atoms with Gasteiger partial charge in [0.25, 0.3) is 10.1 Å². The third kappa shape index (κ3) is 2.82. The van der Waals surface area contributed by atoms with Crippen molar-refractivity contribution in [2.45, 2.75) is 12.2 Å². The Bertz CT molecular complexity index is 377. The number of hydrogen-bond acceptors (Lipinski definition) is 4. The molecule has 3 N–H and O–H groups in total. The highest BCUT2D eigenvalue weighted by Gasteiger charge is 2.37. The van der Waals surface area contributed by atoms with Gasteiger partial charge in [-0.2, -0.15) is 8.42 Å². The van der Waals surface area contributed by atoms with Crippen LogP contribution in [0.3, 0.4) is 0 Å². The Morgan fingerprint density at radius 1 is 1.29 bits per heavy atom. The van der Waals surface area contributed by atoms with Gasteiger partial charge in [0.2, 0.25) is 5.25 Å². The summed E-state index contributed by atoms with van der Waals surface area (Å²) in [5, 5.41) is 14.4. The van der Waals surface area contributed by atoms with Crippen molar-refractivity contribution in [3.63, 3.8) is 0 Å². The number of carboxylic acid groups (broad SMARTS) is 2. The van der Waals surface area contributed by atoms with Gasteiger partial charge in [0.1, 0.15) is 0 Å². The van der Waals surface area contributed by atoms with Crippen molar-refractivity contribution in [3.05, 3.63) is 11.6 Å². The molecule has 0 aromatic carbocycles. The van der Waals surface area contributed by atoms with Crippen LogP contribution < -0.4 is 0 Å². The first-order chi connectivity index (χ1) is 6.21. The molecule has 0 fully saturated rings. The number of allylic oxidation sites excluding steroid dienone is 1. The van der Waals surface area contributed by atoms with Gasteiger partial charge in [-0.05, 0) is 6.92 Å². The van der Waals surface area contributed by atoms with Crippen LogP contribution >= 0.6 is 0 Å². The van der Waals surface area contributed by atoms with E-state index in [1.807, 2.05) is 0 Å². The van der Waals surface area contributed by atoms with E-state index < -0.39 is 32.9 Å². The second kappa shape index (κ2) is 4.20. The summed E-state index contributed by atoms with van der Waals surface area (Å²) in [6, 6.07) is 0. The van der Waals surface area contributed by atoms with Crippen molar-refractivity contribution >= 4 is 22.1 Å². The second-order valence-corrected chi connectivity index (χ2v) is 3.78. The van der Waals surface area contributed by atoms with Crippen LogP contribution in [0.4, 0.5) is 0 Å². The molecule has 0 aromatic rings. The lowest BCUT2D eigenvalue weighted by Gasteiger charge is -2.08. The molecule has 0 radical (unpaired) electrons. The smallest absolute Gasteiger partial charge is 0.333 e. The predicted molar refractivity (Wildman–Crippen MR) is 44.4 cm³/mol. The van der Waals surface area contributed by atoms with Crippen LogP contribution in [0.2, 0.25) is 0 Å². The standard InChI is InChI=1S/C6H8O7S/c1-2-3(5(7)8)4(6(9)10)14(11,12)13/h2,4H,1H3,(H,7,8)(H,9,10)(H,11,12,13). The fraction of sp³-hybridized carbons (Fsp3) is 0.333. The lowest BCUT2D eigenvalue weighted by atomic mass is 10.2. The largest absolute Gasteiger partial charge is 0.480 e. The SMILES string of the molecule is CC=C(C(=O)O)C(C(=O)O)S(=O)(=O)O. The molecular formula is C6H8O7S. The molecule has 0 aliphatic rings. The van der Waals surface area contributed by atoms with Gasteiger partial charge in [0.05, 0.1) is 5.57 Å². The summed E-state index contributed by atoms with van der Waals surface area (Å²) < 4.78 is 29.6. The van der Waals surface area contributed by atoms with E-state index in [0.29, 0.717) is 0 Å². The first kappa shape index (κ1) is 12.6. The molecule has 80 valence electrons. The average Bonchev–Trinajstić information content (AvgIpc) is 1.95. The quantitative estimate of drug-likeness (QED) is 0.427. The van der Waals surface area contributed by atoms with Gasteiger partial charge in [-0.25, -0.2) is 4.79 Å². The molecular weight excluding hydrogens is 216 g/mol. The topological polar surface area (TPSA) is 129 Å². The Morgan fingerprint density at radius 3 is 1.79 bits per heavy atom. The summed E-state index contributed by atoms with van der Waals surface area (Å²) in [6.07, 6.45) is 0.800. The Morgan fingerprint density at radius 2 is 1.71 bits per heavy atom. The summed E-state index contributed by atoms with van der Waals surface area (Å²) in [6.45, 7) is 1.16. The van der Waals surface area contributed by atoms with E-state index in [1.54, 1.807) is 0 Å². The van der Waals surface area contributed by atoms with E-state index in [0.717, 1.165) is 13.0 Å². The maximum atomic E-state index is 10.5. The molecule has 1 atom stereocenters. The van der Waals surface area contributed by atoms with Crippen molar-refractivity contribution in [3.8, 4) is 0 Å². The first-order valence-electron chi connectivity index (χ1n) is 3.30. The molecule has 14 heavy (non-hydrogen) atoms. The van der Waals surface area contributed by atoms with Crippen LogP contribution in [0, 0.1) is 0 Å². The fourth-order valence-corrected chi connectivity index (χ4v) is 1.62. The van der Waals surface area contributed by atoms with Crippen molar-refractivity contribution < 1.29 is 32.8 Å². The summed E-state index contributed by atoms with van der Waals surface area (Å²) in [5.74, 6) is -3.65. The Hall–Kier alpha value is -1.41. The van der Waals surface area contributed by atoms with Crippen molar-refractivity contribution in [2.75, 3.05) is 0 Å². The lowest BCUT2D eigenvalue weighted by Crippen LogP contribution is -2.34. The molecule has 0 amide bonds. The van der Waals surface area contributed by atoms with Gasteiger partial charge in [0.15, 0.2) is 0 Å². The number of aliphatic carboxylic acids is 2. The zero-order valence-electron chi connectivity index (χ0n) is 7.04. The van der Waals surface area contributed by atoms with E-state index in [4.69, 9.17) is 14.8 Å². The molecule has 0 bridgehead atoms. The second-order valence-electron chi connectivity index (χ2n) is 2.28. The first-order valence-corrected chi connectivity index (χ1v) is 4.80. The molecule has 0 aliphatic carbocycles. The Kier molecular flexibility index (Phi) is 3.78. The molecule has 0 saturated heterocycles. The zero-order chi connectivity index (χ0) is 11.5. The highest BCUT2D eigenvalue weighted by molar-refractivity contribution is 7.87. The molecule has 0 spiro atoms. The van der Waals surface area contributed by atoms with Crippen LogP contribution in [0.25, 0.3) is 0 Å². The molecule has 0 heterocycles. The van der Waals surface area contributed by atoms with E-state index >= 15 is 0 Å². The van der Waals surface area contributed by atoms with Crippen LogP contribution in [-0.4, -0.2) is 40.4 Å². The minimum Gasteiger partial charge on any atom is -0.480 e. The lowest BCUT2D eigenvalue weighted by molar-refractivity contribution is -0.139. The molecule has 0 aliphatic heterocycles. The maximum absolute atomic E-state index is 10.5. The number of hydrogen-bond donors (Lipinski definition) is 3. The fourth-order valence-electron chi connectivity index (χ4n) is 0.808. The number of carbonyl (C=O) groups is 2. The van der Waals surface area contributed by atoms with Crippen LogP contribution in [0.5, 0.6) is 0 Å². The molecule has 7 nitrogen and oxygen atoms in total. The van der Waals surface area contributed by atoms with Gasteiger partial charge in [0, 0.05) is 0 Å². The molecule has 0 saturated carbocycles. The van der Waals surface area contributed by atoms with Gasteiger partial charge in [-0.1, -0.05) is 6.08 Å². The minimum atomic E-state index is -4.97. The summed E-state index contributed by atoms with van der Waals surface area (Å²) >= 11 is 0. The predicted octanol–water partition coefficient (Wildman–Crippen LogP) is -0.642. The highest BCUT2D eigenvalue weighted by Crippen LogP contribution is 2.12. The number of carboxylic acids is 2. The highest BCUT2D eigenvalue weighted by atomic mass is 32.2. The zero-order valence-corrected chi connectivity index (χ0v) is 7.85. The Labute approximate surface area is 79.4 Å². The van der Waals surface area contributed by atoms with Crippen LogP contribution in [0.15, 0.2) is 11.6 Å². The van der Waals surface area contributed by atoms with E-state index in [1.165, 1.54) is 0 Å². The van der Waals surface area contributed by atoms with Crippen molar-refractivity contribution in [1.29, 1.82) is 0 Å². The molecule has 0 aromatic heterocycles. The maximum Gasteiger partial charge on any atom is 0.333 e. The number of rotatable bonds is 4. The van der Waals surface area contributed by atoms with Gasteiger partial charge in [-0.3, -0.25) is 9.35 Å². The van der Waals surface area contributed by atoms with Gasteiger partial charge < -0.3 is 10.2 Å². The third-order valence-electron chi connectivity index (χ3n) is 1.36. The van der Waals surface area contributed by atoms with Crippen molar-refractivity contribution in [2.24, 2.45) is 0 Å². The third-order valence-corrected chi connectivity index (χ3v) is 2.41. The van der Waals surface area contributed by atoms with Crippen molar-refractivity contribution in [1.82, 2.24) is 0 Å². The monoisotopic (exact) mass is 224 g/mol. The van der Waals surface area contributed by atoms with E-state index in [9.17, 15) is 18.0 Å². The summed E-state index contributed by atoms with van der Waals surface area (Å²) in [4.78, 5) is 20.8. The molecule has 1 unspecified atom stereocenters. The van der Waals surface area contributed by atoms with Gasteiger partial charge in [-0.15, -0.1) is 0 Å². The van der Waals surface area contributed by atoms with Gasteiger partial charge >= 0.3 is 11.9 Å². The minimum absolute atomic E-state index is 0.800. The molecule has 8 heteroatoms. The van der Waals surface area contributed by atoms with Crippen LogP contribution in [0.1, 0.15) is 6.92 Å². The molecule has 0 rings (SSSR count). The summed E-state index contributed by atoms with van der Waals surface area (Å²) in [7, 11) is -4.97. The normalized spacial score (nSPS) is 14.9. The van der Waals surface area contributed by atoms with E-state index in [-0.39, 0.29) is 0 Å². The Balaban J connectivity index is 5.46.